The molecule has 3 aromatic rings. The molecule has 1 fully saturated rings. The third-order valence-electron chi connectivity index (χ3n) is 6.06. The van der Waals surface area contributed by atoms with Gasteiger partial charge in [-0.1, -0.05) is 24.3 Å². The minimum Gasteiger partial charge on any atom is -0.352 e. The zero-order chi connectivity index (χ0) is 22.7. The molecule has 0 atom stereocenters. The van der Waals surface area contributed by atoms with Gasteiger partial charge in [0.25, 0.3) is 0 Å². The van der Waals surface area contributed by atoms with Gasteiger partial charge in [0, 0.05) is 37.3 Å². The van der Waals surface area contributed by atoms with Gasteiger partial charge in [0.2, 0.25) is 15.9 Å². The van der Waals surface area contributed by atoms with E-state index in [2.05, 4.69) is 10.4 Å². The van der Waals surface area contributed by atoms with E-state index in [1.54, 1.807) is 23.0 Å². The first-order valence-electron chi connectivity index (χ1n) is 10.8. The van der Waals surface area contributed by atoms with Crippen LogP contribution in [0.1, 0.15) is 29.5 Å². The zero-order valence-electron chi connectivity index (χ0n) is 18.4. The standard InChI is InChI=1S/C24H28N4O3S/c1-18-8-9-23(14-19(18)2)32(30,31)27-12-10-21(11-13-27)24(29)25-15-20-16-26-28(17-20)22-6-4-3-5-7-22/h3-9,14,16-17,21H,10-13,15H2,1-2H3,(H,25,29). The molecule has 0 aliphatic carbocycles. The number of nitrogens with one attached hydrogen (secondary N) is 1. The van der Waals surface area contributed by atoms with Crippen LogP contribution in [-0.4, -0.2) is 41.5 Å². The second kappa shape index (κ2) is 9.26. The lowest BCUT2D eigenvalue weighted by atomic mass is 9.97. The van der Waals surface area contributed by atoms with Gasteiger partial charge in [-0.2, -0.15) is 9.40 Å². The third-order valence-corrected chi connectivity index (χ3v) is 7.96. The van der Waals surface area contributed by atoms with E-state index < -0.39 is 10.0 Å². The van der Waals surface area contributed by atoms with E-state index in [1.165, 1.54) is 4.31 Å². The van der Waals surface area contributed by atoms with Crippen molar-refractivity contribution in [2.24, 2.45) is 5.92 Å². The molecular formula is C24H28N4O3S. The van der Waals surface area contributed by atoms with Gasteiger partial charge >= 0.3 is 0 Å². The highest BCUT2D eigenvalue weighted by molar-refractivity contribution is 7.89. The Morgan fingerprint density at radius 3 is 2.47 bits per heavy atom. The number of sulfonamides is 1. The van der Waals surface area contributed by atoms with Crippen molar-refractivity contribution in [2.75, 3.05) is 13.1 Å². The number of aryl methyl sites for hydroxylation is 2. The van der Waals surface area contributed by atoms with E-state index in [9.17, 15) is 13.2 Å². The van der Waals surface area contributed by atoms with Crippen molar-refractivity contribution in [2.45, 2.75) is 38.1 Å². The molecule has 4 rings (SSSR count). The molecule has 0 spiro atoms. The Hall–Kier alpha value is -2.97. The van der Waals surface area contributed by atoms with Crippen molar-refractivity contribution in [3.8, 4) is 5.69 Å². The molecule has 168 valence electrons. The van der Waals surface area contributed by atoms with E-state index in [0.29, 0.717) is 37.4 Å². The number of carbonyl (C=O) groups excluding carboxylic acids is 1. The summed E-state index contributed by atoms with van der Waals surface area (Å²) in [5, 5.41) is 7.32. The summed E-state index contributed by atoms with van der Waals surface area (Å²) in [5.74, 6) is -0.230. The number of benzene rings is 2. The number of carbonyl (C=O) groups is 1. The lowest BCUT2D eigenvalue weighted by Gasteiger charge is -2.30. The lowest BCUT2D eigenvalue weighted by Crippen LogP contribution is -2.42. The Balaban J connectivity index is 1.31. The molecule has 8 heteroatoms. The first-order valence-corrected chi connectivity index (χ1v) is 12.2. The van der Waals surface area contributed by atoms with Gasteiger partial charge in [0.05, 0.1) is 16.8 Å². The third kappa shape index (κ3) is 4.76. The van der Waals surface area contributed by atoms with Gasteiger partial charge in [0.1, 0.15) is 0 Å². The number of amides is 1. The first kappa shape index (κ1) is 22.2. The number of hydrogen-bond donors (Lipinski definition) is 1. The molecule has 32 heavy (non-hydrogen) atoms. The van der Waals surface area contributed by atoms with Crippen molar-refractivity contribution in [3.63, 3.8) is 0 Å². The summed E-state index contributed by atoms with van der Waals surface area (Å²) in [6.45, 7) is 4.96. The minimum atomic E-state index is -3.54. The lowest BCUT2D eigenvalue weighted by molar-refractivity contribution is -0.126. The molecule has 0 unspecified atom stereocenters. The number of rotatable bonds is 6. The van der Waals surface area contributed by atoms with Gasteiger partial charge in [-0.05, 0) is 62.1 Å². The SMILES string of the molecule is Cc1ccc(S(=O)(=O)N2CCC(C(=O)NCc3cnn(-c4ccccc4)c3)CC2)cc1C. The molecule has 1 aromatic heterocycles. The molecule has 1 aliphatic rings. The summed E-state index contributed by atoms with van der Waals surface area (Å²) in [6.07, 6.45) is 4.67. The minimum absolute atomic E-state index is 0.0410. The maximum Gasteiger partial charge on any atom is 0.243 e. The summed E-state index contributed by atoms with van der Waals surface area (Å²) in [4.78, 5) is 13.0. The van der Waals surface area contributed by atoms with Gasteiger partial charge in [0.15, 0.2) is 0 Å². The summed E-state index contributed by atoms with van der Waals surface area (Å²) in [5.41, 5.74) is 3.89. The predicted octanol–water partition coefficient (Wildman–Crippen LogP) is 3.21. The molecular weight excluding hydrogens is 424 g/mol. The van der Waals surface area contributed by atoms with Gasteiger partial charge in [-0.15, -0.1) is 0 Å². The van der Waals surface area contributed by atoms with E-state index in [0.717, 1.165) is 22.4 Å². The summed E-state index contributed by atoms with van der Waals surface area (Å²) >= 11 is 0. The van der Waals surface area contributed by atoms with Crippen molar-refractivity contribution in [1.29, 1.82) is 0 Å². The van der Waals surface area contributed by atoms with E-state index in [4.69, 9.17) is 0 Å². The zero-order valence-corrected chi connectivity index (χ0v) is 19.2. The Morgan fingerprint density at radius 2 is 1.78 bits per heavy atom. The van der Waals surface area contributed by atoms with Gasteiger partial charge in [-0.3, -0.25) is 4.79 Å². The molecule has 1 aliphatic heterocycles. The molecule has 2 aromatic carbocycles. The van der Waals surface area contributed by atoms with Crippen LogP contribution in [0.4, 0.5) is 0 Å². The quantitative estimate of drug-likeness (QED) is 0.622. The Morgan fingerprint density at radius 1 is 1.06 bits per heavy atom. The Labute approximate surface area is 189 Å². The molecule has 0 saturated carbocycles. The Bertz CT molecular complexity index is 1200. The molecule has 0 radical (unpaired) electrons. The monoisotopic (exact) mass is 452 g/mol. The number of hydrogen-bond acceptors (Lipinski definition) is 4. The molecule has 1 amide bonds. The fourth-order valence-electron chi connectivity index (χ4n) is 3.89. The van der Waals surface area contributed by atoms with Gasteiger partial charge in [-0.25, -0.2) is 13.1 Å². The van der Waals surface area contributed by atoms with Gasteiger partial charge < -0.3 is 5.32 Å². The molecule has 1 saturated heterocycles. The fraction of sp³-hybridized carbons (Fsp3) is 0.333. The summed E-state index contributed by atoms with van der Waals surface area (Å²) in [7, 11) is -3.54. The topological polar surface area (TPSA) is 84.3 Å². The number of aromatic nitrogens is 2. The summed E-state index contributed by atoms with van der Waals surface area (Å²) in [6, 6.07) is 15.0. The Kier molecular flexibility index (Phi) is 6.43. The van der Waals surface area contributed by atoms with E-state index in [-0.39, 0.29) is 11.8 Å². The van der Waals surface area contributed by atoms with Crippen molar-refractivity contribution < 1.29 is 13.2 Å². The molecule has 7 nitrogen and oxygen atoms in total. The molecule has 2 heterocycles. The van der Waals surface area contributed by atoms with Crippen LogP contribution in [0.5, 0.6) is 0 Å². The van der Waals surface area contributed by atoms with Crippen molar-refractivity contribution >= 4 is 15.9 Å². The second-order valence-corrected chi connectivity index (χ2v) is 10.2. The average molecular weight is 453 g/mol. The van der Waals surface area contributed by atoms with Crippen molar-refractivity contribution in [3.05, 3.63) is 77.6 Å². The fourth-order valence-corrected chi connectivity index (χ4v) is 5.44. The number of para-hydroxylation sites is 1. The number of nitrogens with zero attached hydrogens (tertiary/aromatic N) is 3. The van der Waals surface area contributed by atoms with Crippen LogP contribution in [0, 0.1) is 19.8 Å². The van der Waals surface area contributed by atoms with Crippen LogP contribution in [-0.2, 0) is 21.4 Å². The number of piperidine rings is 1. The maximum atomic E-state index is 13.0. The van der Waals surface area contributed by atoms with Crippen LogP contribution in [0.3, 0.4) is 0 Å². The highest BCUT2D eigenvalue weighted by atomic mass is 32.2. The second-order valence-electron chi connectivity index (χ2n) is 8.27. The predicted molar refractivity (Wildman–Crippen MR) is 123 cm³/mol. The highest BCUT2D eigenvalue weighted by Gasteiger charge is 2.32. The molecule has 0 bridgehead atoms. The summed E-state index contributed by atoms with van der Waals surface area (Å²) < 4.78 is 29.2. The van der Waals surface area contributed by atoms with E-state index >= 15 is 0 Å². The van der Waals surface area contributed by atoms with Crippen LogP contribution in [0.25, 0.3) is 5.69 Å². The molecule has 1 N–H and O–H groups in total. The normalized spacial score (nSPS) is 15.6. The van der Waals surface area contributed by atoms with Crippen molar-refractivity contribution in [1.82, 2.24) is 19.4 Å². The van der Waals surface area contributed by atoms with Crippen LogP contribution < -0.4 is 5.32 Å². The average Bonchev–Trinajstić information content (AvgIpc) is 3.29. The smallest absolute Gasteiger partial charge is 0.243 e. The van der Waals surface area contributed by atoms with Crippen LogP contribution in [0.15, 0.2) is 65.8 Å². The first-order chi connectivity index (χ1) is 15.3. The highest BCUT2D eigenvalue weighted by Crippen LogP contribution is 2.25. The maximum absolute atomic E-state index is 13.0. The largest absolute Gasteiger partial charge is 0.352 e. The van der Waals surface area contributed by atoms with Crippen LogP contribution in [0.2, 0.25) is 0 Å². The van der Waals surface area contributed by atoms with E-state index in [1.807, 2.05) is 56.4 Å². The van der Waals surface area contributed by atoms with Crippen LogP contribution >= 0.6 is 0 Å².